The molecular formula is C13H13N3O2. The minimum atomic E-state index is -0.398. The smallest absolute Gasteiger partial charge is 0.292 e. The van der Waals surface area contributed by atoms with E-state index in [4.69, 9.17) is 5.73 Å². The average molecular weight is 243 g/mol. The van der Waals surface area contributed by atoms with Gasteiger partial charge in [-0.15, -0.1) is 0 Å². The molecular weight excluding hydrogens is 230 g/mol. The van der Waals surface area contributed by atoms with Crippen LogP contribution in [0.4, 0.5) is 17.1 Å². The van der Waals surface area contributed by atoms with Gasteiger partial charge in [-0.05, 0) is 23.8 Å². The molecule has 3 N–H and O–H groups in total. The molecule has 2 aromatic rings. The quantitative estimate of drug-likeness (QED) is 0.491. The van der Waals surface area contributed by atoms with Crippen LogP contribution >= 0.6 is 0 Å². The molecule has 0 amide bonds. The molecule has 0 bridgehead atoms. The van der Waals surface area contributed by atoms with E-state index in [9.17, 15) is 10.1 Å². The van der Waals surface area contributed by atoms with E-state index in [0.29, 0.717) is 17.9 Å². The lowest BCUT2D eigenvalue weighted by atomic mass is 10.2. The van der Waals surface area contributed by atoms with Crippen LogP contribution in [-0.4, -0.2) is 4.92 Å². The molecule has 0 fully saturated rings. The SMILES string of the molecule is Nc1ccc(CNc2ccccc2[N+](=O)[O-])cc1. The van der Waals surface area contributed by atoms with Crippen molar-refractivity contribution in [2.45, 2.75) is 6.54 Å². The summed E-state index contributed by atoms with van der Waals surface area (Å²) < 4.78 is 0. The lowest BCUT2D eigenvalue weighted by Crippen LogP contribution is -2.02. The first-order valence-corrected chi connectivity index (χ1v) is 5.48. The summed E-state index contributed by atoms with van der Waals surface area (Å²) in [7, 11) is 0. The van der Waals surface area contributed by atoms with Crippen molar-refractivity contribution >= 4 is 17.1 Å². The number of nitrogen functional groups attached to an aromatic ring is 1. The van der Waals surface area contributed by atoms with Gasteiger partial charge in [-0.3, -0.25) is 10.1 Å². The van der Waals surface area contributed by atoms with Crippen LogP contribution in [0, 0.1) is 10.1 Å². The third kappa shape index (κ3) is 2.76. The van der Waals surface area contributed by atoms with Gasteiger partial charge >= 0.3 is 0 Å². The van der Waals surface area contributed by atoms with Crippen molar-refractivity contribution in [2.75, 3.05) is 11.1 Å². The van der Waals surface area contributed by atoms with Gasteiger partial charge in [0.1, 0.15) is 5.69 Å². The van der Waals surface area contributed by atoms with E-state index in [1.165, 1.54) is 6.07 Å². The Hall–Kier alpha value is -2.56. The first-order valence-electron chi connectivity index (χ1n) is 5.48. The maximum absolute atomic E-state index is 10.8. The molecule has 2 rings (SSSR count). The van der Waals surface area contributed by atoms with Gasteiger partial charge in [-0.2, -0.15) is 0 Å². The molecule has 0 heterocycles. The number of para-hydroxylation sites is 2. The molecule has 0 saturated heterocycles. The molecule has 0 aliphatic heterocycles. The zero-order chi connectivity index (χ0) is 13.0. The molecule has 5 heteroatoms. The van der Waals surface area contributed by atoms with E-state index in [2.05, 4.69) is 5.32 Å². The Kier molecular flexibility index (Phi) is 3.43. The van der Waals surface area contributed by atoms with Crippen molar-refractivity contribution in [3.63, 3.8) is 0 Å². The number of anilines is 2. The number of nitrogens with one attached hydrogen (secondary N) is 1. The van der Waals surface area contributed by atoms with Crippen LogP contribution in [0.15, 0.2) is 48.5 Å². The fourth-order valence-electron chi connectivity index (χ4n) is 1.62. The second-order valence-electron chi connectivity index (χ2n) is 3.87. The summed E-state index contributed by atoms with van der Waals surface area (Å²) in [5, 5.41) is 13.9. The molecule has 0 radical (unpaired) electrons. The summed E-state index contributed by atoms with van der Waals surface area (Å²) in [4.78, 5) is 10.4. The highest BCUT2D eigenvalue weighted by atomic mass is 16.6. The van der Waals surface area contributed by atoms with Gasteiger partial charge in [0.2, 0.25) is 0 Å². The Balaban J connectivity index is 2.10. The van der Waals surface area contributed by atoms with Crippen molar-refractivity contribution in [3.05, 3.63) is 64.2 Å². The monoisotopic (exact) mass is 243 g/mol. The number of rotatable bonds is 4. The van der Waals surface area contributed by atoms with Crippen LogP contribution in [0.3, 0.4) is 0 Å². The van der Waals surface area contributed by atoms with Gasteiger partial charge in [0.15, 0.2) is 0 Å². The number of nitro benzene ring substituents is 1. The fourth-order valence-corrected chi connectivity index (χ4v) is 1.62. The minimum Gasteiger partial charge on any atom is -0.399 e. The predicted molar refractivity (Wildman–Crippen MR) is 71.3 cm³/mol. The minimum absolute atomic E-state index is 0.0768. The van der Waals surface area contributed by atoms with Crippen LogP contribution in [0.2, 0.25) is 0 Å². The molecule has 0 aliphatic carbocycles. The van der Waals surface area contributed by atoms with Crippen molar-refractivity contribution in [1.29, 1.82) is 0 Å². The standard InChI is InChI=1S/C13H13N3O2/c14-11-7-5-10(6-8-11)9-15-12-3-1-2-4-13(12)16(17)18/h1-8,15H,9,14H2. The summed E-state index contributed by atoms with van der Waals surface area (Å²) in [5.41, 5.74) is 7.89. The van der Waals surface area contributed by atoms with E-state index >= 15 is 0 Å². The Bertz CT molecular complexity index is 552. The zero-order valence-electron chi connectivity index (χ0n) is 9.67. The Labute approximate surface area is 104 Å². The molecule has 0 aliphatic rings. The molecule has 2 aromatic carbocycles. The molecule has 5 nitrogen and oxygen atoms in total. The molecule has 0 saturated carbocycles. The number of benzene rings is 2. The van der Waals surface area contributed by atoms with Gasteiger partial charge in [0.25, 0.3) is 5.69 Å². The van der Waals surface area contributed by atoms with Crippen LogP contribution in [-0.2, 0) is 6.54 Å². The first kappa shape index (κ1) is 11.9. The zero-order valence-corrected chi connectivity index (χ0v) is 9.67. The van der Waals surface area contributed by atoms with E-state index in [1.807, 2.05) is 12.1 Å². The molecule has 0 unspecified atom stereocenters. The van der Waals surface area contributed by atoms with Gasteiger partial charge in [0.05, 0.1) is 4.92 Å². The summed E-state index contributed by atoms with van der Waals surface area (Å²) in [6, 6.07) is 14.0. The topological polar surface area (TPSA) is 81.2 Å². The van der Waals surface area contributed by atoms with Crippen LogP contribution in [0.25, 0.3) is 0 Å². The highest BCUT2D eigenvalue weighted by Gasteiger charge is 2.11. The predicted octanol–water partition coefficient (Wildman–Crippen LogP) is 2.79. The highest BCUT2D eigenvalue weighted by molar-refractivity contribution is 5.61. The lowest BCUT2D eigenvalue weighted by molar-refractivity contribution is -0.384. The van der Waals surface area contributed by atoms with Crippen molar-refractivity contribution in [1.82, 2.24) is 0 Å². The molecule has 0 spiro atoms. The Morgan fingerprint density at radius 1 is 1.11 bits per heavy atom. The average Bonchev–Trinajstić information content (AvgIpc) is 2.38. The lowest BCUT2D eigenvalue weighted by Gasteiger charge is -2.07. The maximum atomic E-state index is 10.8. The third-order valence-corrected chi connectivity index (χ3v) is 2.56. The summed E-state index contributed by atoms with van der Waals surface area (Å²) in [6.07, 6.45) is 0. The highest BCUT2D eigenvalue weighted by Crippen LogP contribution is 2.23. The van der Waals surface area contributed by atoms with Gasteiger partial charge < -0.3 is 11.1 Å². The van der Waals surface area contributed by atoms with Crippen LogP contribution < -0.4 is 11.1 Å². The summed E-state index contributed by atoms with van der Waals surface area (Å²) in [6.45, 7) is 0.519. The second-order valence-corrected chi connectivity index (χ2v) is 3.87. The maximum Gasteiger partial charge on any atom is 0.292 e. The number of nitro groups is 1. The molecule has 92 valence electrons. The fraction of sp³-hybridized carbons (Fsp3) is 0.0769. The third-order valence-electron chi connectivity index (χ3n) is 2.56. The Morgan fingerprint density at radius 3 is 2.44 bits per heavy atom. The molecule has 0 aromatic heterocycles. The van der Waals surface area contributed by atoms with Gasteiger partial charge in [0, 0.05) is 18.3 Å². The van der Waals surface area contributed by atoms with E-state index in [-0.39, 0.29) is 5.69 Å². The summed E-state index contributed by atoms with van der Waals surface area (Å²) in [5.74, 6) is 0. The van der Waals surface area contributed by atoms with E-state index < -0.39 is 4.92 Å². The van der Waals surface area contributed by atoms with E-state index in [0.717, 1.165) is 5.56 Å². The van der Waals surface area contributed by atoms with Gasteiger partial charge in [-0.25, -0.2) is 0 Å². The van der Waals surface area contributed by atoms with Crippen molar-refractivity contribution in [2.24, 2.45) is 0 Å². The second kappa shape index (κ2) is 5.18. The Morgan fingerprint density at radius 2 is 1.78 bits per heavy atom. The number of hydrogen-bond donors (Lipinski definition) is 2. The van der Waals surface area contributed by atoms with Crippen molar-refractivity contribution < 1.29 is 4.92 Å². The molecule has 18 heavy (non-hydrogen) atoms. The number of nitrogens with two attached hydrogens (primary N) is 1. The van der Waals surface area contributed by atoms with Crippen LogP contribution in [0.5, 0.6) is 0 Å². The first-order chi connectivity index (χ1) is 8.66. The largest absolute Gasteiger partial charge is 0.399 e. The number of nitrogens with zero attached hydrogens (tertiary/aromatic N) is 1. The van der Waals surface area contributed by atoms with Gasteiger partial charge in [-0.1, -0.05) is 24.3 Å². The van der Waals surface area contributed by atoms with Crippen LogP contribution in [0.1, 0.15) is 5.56 Å². The van der Waals surface area contributed by atoms with Crippen molar-refractivity contribution in [3.8, 4) is 0 Å². The molecule has 0 atom stereocenters. The number of hydrogen-bond acceptors (Lipinski definition) is 4. The summed E-state index contributed by atoms with van der Waals surface area (Å²) >= 11 is 0. The normalized spacial score (nSPS) is 10.0. The van der Waals surface area contributed by atoms with E-state index in [1.54, 1.807) is 30.3 Å².